The van der Waals surface area contributed by atoms with E-state index < -0.39 is 5.97 Å². The van der Waals surface area contributed by atoms with Crippen LogP contribution in [0.2, 0.25) is 10.0 Å². The quantitative estimate of drug-likeness (QED) is 0.152. The zero-order valence-electron chi connectivity index (χ0n) is 15.2. The highest BCUT2D eigenvalue weighted by atomic mass is 35.5. The fraction of sp³-hybridized carbons (Fsp3) is 0. The lowest BCUT2D eigenvalue weighted by Crippen LogP contribution is -2.03. The van der Waals surface area contributed by atoms with Gasteiger partial charge in [0.2, 0.25) is 0 Å². The Morgan fingerprint density at radius 3 is 2.21 bits per heavy atom. The largest absolute Gasteiger partial charge is 0.423 e. The Labute approximate surface area is 179 Å². The molecule has 0 atom stereocenters. The van der Waals surface area contributed by atoms with Crippen molar-refractivity contribution in [2.75, 3.05) is 0 Å². The molecule has 3 aromatic carbocycles. The molecule has 142 valence electrons. The average Bonchev–Trinajstić information content (AvgIpc) is 2.73. The first-order valence-electron chi connectivity index (χ1n) is 8.67. The van der Waals surface area contributed by atoms with E-state index in [0.717, 1.165) is 16.7 Å². The maximum atomic E-state index is 12.1. The van der Waals surface area contributed by atoms with Crippen molar-refractivity contribution in [2.24, 2.45) is 0 Å². The zero-order valence-corrected chi connectivity index (χ0v) is 16.7. The summed E-state index contributed by atoms with van der Waals surface area (Å²) in [5, 5.41) is 10.7. The van der Waals surface area contributed by atoms with E-state index in [0.29, 0.717) is 21.4 Å². The minimum atomic E-state index is -0.501. The number of allylic oxidation sites excluding steroid dienone is 1. The molecular formula is C24H15Cl2NO2. The molecular weight excluding hydrogens is 405 g/mol. The van der Waals surface area contributed by atoms with Crippen LogP contribution < -0.4 is 4.74 Å². The van der Waals surface area contributed by atoms with Crippen molar-refractivity contribution >= 4 is 46.9 Å². The number of nitrogens with zero attached hydrogens (tertiary/aromatic N) is 1. The maximum Gasteiger partial charge on any atom is 0.336 e. The van der Waals surface area contributed by atoms with E-state index in [1.54, 1.807) is 78.9 Å². The normalized spacial score (nSPS) is 11.3. The number of esters is 1. The Bertz CT molecular complexity index is 1110. The van der Waals surface area contributed by atoms with Gasteiger partial charge in [-0.1, -0.05) is 59.6 Å². The van der Waals surface area contributed by atoms with Crippen molar-refractivity contribution in [3.8, 4) is 11.8 Å². The molecule has 0 radical (unpaired) electrons. The molecule has 3 aromatic rings. The van der Waals surface area contributed by atoms with Crippen LogP contribution in [0.15, 0.2) is 78.9 Å². The number of benzene rings is 3. The van der Waals surface area contributed by atoms with Gasteiger partial charge in [-0.25, -0.2) is 4.79 Å². The summed E-state index contributed by atoms with van der Waals surface area (Å²) in [5.41, 5.74) is 2.81. The van der Waals surface area contributed by atoms with Gasteiger partial charge in [-0.05, 0) is 65.2 Å². The summed E-state index contributed by atoms with van der Waals surface area (Å²) in [7, 11) is 0. The van der Waals surface area contributed by atoms with Crippen molar-refractivity contribution in [1.82, 2.24) is 0 Å². The molecule has 0 aliphatic heterocycles. The van der Waals surface area contributed by atoms with Crippen molar-refractivity contribution in [3.63, 3.8) is 0 Å². The fourth-order valence-electron chi connectivity index (χ4n) is 2.53. The number of hydrogen-bond donors (Lipinski definition) is 0. The Hall–Kier alpha value is -3.32. The minimum absolute atomic E-state index is 0.387. The lowest BCUT2D eigenvalue weighted by molar-refractivity contribution is -0.128. The fourth-order valence-corrected chi connectivity index (χ4v) is 2.78. The predicted molar refractivity (Wildman–Crippen MR) is 117 cm³/mol. The molecule has 0 unspecified atom stereocenters. The van der Waals surface area contributed by atoms with Crippen LogP contribution in [0.4, 0.5) is 0 Å². The first-order valence-corrected chi connectivity index (χ1v) is 9.42. The summed E-state index contributed by atoms with van der Waals surface area (Å²) in [6.45, 7) is 0. The summed E-state index contributed by atoms with van der Waals surface area (Å²) in [5.74, 6) is -0.114. The van der Waals surface area contributed by atoms with Gasteiger partial charge in [-0.2, -0.15) is 5.26 Å². The van der Waals surface area contributed by atoms with Crippen LogP contribution >= 0.6 is 23.2 Å². The van der Waals surface area contributed by atoms with E-state index in [-0.39, 0.29) is 0 Å². The molecule has 0 fully saturated rings. The molecule has 0 heterocycles. The molecule has 0 saturated carbocycles. The number of carbonyl (C=O) groups excluding carboxylic acids is 1. The lowest BCUT2D eigenvalue weighted by atomic mass is 10.0. The third-order valence-corrected chi connectivity index (χ3v) is 4.45. The maximum absolute atomic E-state index is 12.1. The van der Waals surface area contributed by atoms with Crippen LogP contribution in [0.3, 0.4) is 0 Å². The molecule has 0 spiro atoms. The molecule has 0 aliphatic carbocycles. The molecule has 0 N–H and O–H groups in total. The van der Waals surface area contributed by atoms with Gasteiger partial charge in [0.15, 0.2) is 0 Å². The Balaban J connectivity index is 1.73. The van der Waals surface area contributed by atoms with Gasteiger partial charge in [0.1, 0.15) is 5.75 Å². The minimum Gasteiger partial charge on any atom is -0.423 e. The average molecular weight is 420 g/mol. The number of ether oxygens (including phenoxy) is 1. The highest BCUT2D eigenvalue weighted by Gasteiger charge is 2.04. The summed E-state index contributed by atoms with van der Waals surface area (Å²) < 4.78 is 5.36. The van der Waals surface area contributed by atoms with E-state index >= 15 is 0 Å². The van der Waals surface area contributed by atoms with E-state index in [4.69, 9.17) is 27.9 Å². The van der Waals surface area contributed by atoms with Crippen LogP contribution in [-0.2, 0) is 4.79 Å². The van der Waals surface area contributed by atoms with Crippen LogP contribution in [-0.4, -0.2) is 5.97 Å². The second-order valence-electron chi connectivity index (χ2n) is 6.06. The van der Waals surface area contributed by atoms with Crippen molar-refractivity contribution in [1.29, 1.82) is 5.26 Å². The van der Waals surface area contributed by atoms with Crippen LogP contribution in [0.25, 0.3) is 17.7 Å². The van der Waals surface area contributed by atoms with Gasteiger partial charge in [0, 0.05) is 16.1 Å². The number of carbonyl (C=O) groups is 1. The number of hydrogen-bond acceptors (Lipinski definition) is 3. The molecule has 3 nitrogen and oxygen atoms in total. The number of nitriles is 1. The van der Waals surface area contributed by atoms with Crippen LogP contribution in [0.5, 0.6) is 5.75 Å². The first kappa shape index (κ1) is 20.4. The van der Waals surface area contributed by atoms with Crippen LogP contribution in [0, 0.1) is 11.3 Å². The molecule has 0 bridgehead atoms. The summed E-state index contributed by atoms with van der Waals surface area (Å²) >= 11 is 11.7. The predicted octanol–water partition coefficient (Wildman–Crippen LogP) is 6.68. The van der Waals surface area contributed by atoms with Crippen molar-refractivity contribution < 1.29 is 9.53 Å². The monoisotopic (exact) mass is 419 g/mol. The molecule has 0 aliphatic rings. The second kappa shape index (κ2) is 9.75. The Kier molecular flexibility index (Phi) is 6.86. The molecule has 0 saturated heterocycles. The van der Waals surface area contributed by atoms with E-state index in [1.165, 1.54) is 6.08 Å². The molecule has 3 rings (SSSR count). The van der Waals surface area contributed by atoms with Gasteiger partial charge >= 0.3 is 5.97 Å². The number of halogens is 2. The van der Waals surface area contributed by atoms with E-state index in [2.05, 4.69) is 6.07 Å². The van der Waals surface area contributed by atoms with E-state index in [1.807, 2.05) is 6.07 Å². The second-order valence-corrected chi connectivity index (χ2v) is 6.93. The third kappa shape index (κ3) is 6.08. The van der Waals surface area contributed by atoms with Gasteiger partial charge in [-0.3, -0.25) is 0 Å². The summed E-state index contributed by atoms with van der Waals surface area (Å²) in [6.07, 6.45) is 4.72. The van der Waals surface area contributed by atoms with Gasteiger partial charge < -0.3 is 4.74 Å². The van der Waals surface area contributed by atoms with Gasteiger partial charge in [-0.15, -0.1) is 0 Å². The van der Waals surface area contributed by atoms with Crippen LogP contribution in [0.1, 0.15) is 16.7 Å². The smallest absolute Gasteiger partial charge is 0.336 e. The highest BCUT2D eigenvalue weighted by molar-refractivity contribution is 6.30. The van der Waals surface area contributed by atoms with Crippen molar-refractivity contribution in [2.45, 2.75) is 0 Å². The standard InChI is InChI=1S/C24H15Cl2NO2/c25-21-9-4-17(5-10-21)6-13-24(28)29-23-3-1-2-18(15-23)14-20(16-27)19-7-11-22(26)12-8-19/h1-15H/b13-6+,20-14-. The van der Waals surface area contributed by atoms with Gasteiger partial charge in [0.05, 0.1) is 11.6 Å². The topological polar surface area (TPSA) is 50.1 Å². The lowest BCUT2D eigenvalue weighted by Gasteiger charge is -2.04. The SMILES string of the molecule is N#C/C(=C/c1cccc(OC(=O)/C=C/c2ccc(Cl)cc2)c1)c1ccc(Cl)cc1. The molecule has 29 heavy (non-hydrogen) atoms. The zero-order chi connectivity index (χ0) is 20.6. The summed E-state index contributed by atoms with van der Waals surface area (Å²) in [6, 6.07) is 23.3. The van der Waals surface area contributed by atoms with Crippen molar-refractivity contribution in [3.05, 3.63) is 106 Å². The number of rotatable bonds is 5. The highest BCUT2D eigenvalue weighted by Crippen LogP contribution is 2.22. The van der Waals surface area contributed by atoms with Gasteiger partial charge in [0.25, 0.3) is 0 Å². The molecule has 5 heteroatoms. The summed E-state index contributed by atoms with van der Waals surface area (Å²) in [4.78, 5) is 12.1. The molecule has 0 aromatic heterocycles. The Morgan fingerprint density at radius 2 is 1.55 bits per heavy atom. The first-order chi connectivity index (χ1) is 14.0. The molecule has 0 amide bonds. The Morgan fingerprint density at radius 1 is 0.897 bits per heavy atom. The third-order valence-electron chi connectivity index (χ3n) is 3.95. The van der Waals surface area contributed by atoms with E-state index in [9.17, 15) is 10.1 Å².